The normalized spacial score (nSPS) is 10.8. The molecule has 0 spiro atoms. The van der Waals surface area contributed by atoms with E-state index >= 15 is 0 Å². The molecular weight excluding hydrogens is 339 g/mol. The number of aromatic amines is 1. The van der Waals surface area contributed by atoms with Gasteiger partial charge in [-0.05, 0) is 42.5 Å². The third kappa shape index (κ3) is 2.95. The molecule has 128 valence electrons. The van der Waals surface area contributed by atoms with E-state index in [-0.39, 0.29) is 17.1 Å². The number of hydrogen-bond donors (Lipinski definition) is 2. The van der Waals surface area contributed by atoms with Crippen LogP contribution in [0.5, 0.6) is 0 Å². The standard InChI is InChI=1S/C18H11FN4O3/c19-11-3-1-10(2-4-11)15-8-16(26-23-15)18(25)22-12-5-6-14-13(7-12)17(24)21-9-20-14/h1-9H,(H,22,25)(H,20,21,24). The average Bonchev–Trinajstić information content (AvgIpc) is 3.13. The van der Waals surface area contributed by atoms with E-state index in [1.54, 1.807) is 12.1 Å². The van der Waals surface area contributed by atoms with Crippen LogP contribution in [0.2, 0.25) is 0 Å². The fourth-order valence-electron chi connectivity index (χ4n) is 2.48. The number of rotatable bonds is 3. The largest absolute Gasteiger partial charge is 0.350 e. The SMILES string of the molecule is O=C(Nc1ccc2nc[nH]c(=O)c2c1)c1cc(-c2ccc(F)cc2)no1. The van der Waals surface area contributed by atoms with E-state index in [0.29, 0.717) is 27.8 Å². The number of anilines is 1. The lowest BCUT2D eigenvalue weighted by atomic mass is 10.1. The lowest BCUT2D eigenvalue weighted by Gasteiger charge is -2.03. The van der Waals surface area contributed by atoms with Crippen molar-refractivity contribution in [2.45, 2.75) is 0 Å². The third-order valence-corrected chi connectivity index (χ3v) is 3.77. The highest BCUT2D eigenvalue weighted by atomic mass is 19.1. The fourth-order valence-corrected chi connectivity index (χ4v) is 2.48. The number of amides is 1. The van der Waals surface area contributed by atoms with Crippen LogP contribution in [-0.2, 0) is 0 Å². The fraction of sp³-hybridized carbons (Fsp3) is 0. The molecule has 1 amide bonds. The number of fused-ring (bicyclic) bond motifs is 1. The minimum atomic E-state index is -0.523. The van der Waals surface area contributed by atoms with Gasteiger partial charge in [0.15, 0.2) is 0 Å². The minimum absolute atomic E-state index is 0.00971. The maximum atomic E-state index is 13.0. The molecule has 26 heavy (non-hydrogen) atoms. The lowest BCUT2D eigenvalue weighted by molar-refractivity contribution is 0.0988. The van der Waals surface area contributed by atoms with Crippen molar-refractivity contribution in [3.63, 3.8) is 0 Å². The van der Waals surface area contributed by atoms with Crippen LogP contribution < -0.4 is 10.9 Å². The van der Waals surface area contributed by atoms with Crippen LogP contribution >= 0.6 is 0 Å². The molecule has 0 saturated heterocycles. The minimum Gasteiger partial charge on any atom is -0.350 e. The Balaban J connectivity index is 1.58. The van der Waals surface area contributed by atoms with Gasteiger partial charge in [-0.25, -0.2) is 9.37 Å². The number of benzene rings is 2. The summed E-state index contributed by atoms with van der Waals surface area (Å²) in [7, 11) is 0. The van der Waals surface area contributed by atoms with Gasteiger partial charge < -0.3 is 14.8 Å². The van der Waals surface area contributed by atoms with E-state index in [0.717, 1.165) is 0 Å². The second kappa shape index (κ2) is 6.25. The molecular formula is C18H11FN4O3. The quantitative estimate of drug-likeness (QED) is 0.591. The van der Waals surface area contributed by atoms with Gasteiger partial charge in [0.05, 0.1) is 17.2 Å². The summed E-state index contributed by atoms with van der Waals surface area (Å²) in [6.07, 6.45) is 1.31. The van der Waals surface area contributed by atoms with Gasteiger partial charge >= 0.3 is 0 Å². The van der Waals surface area contributed by atoms with Crippen LogP contribution in [0, 0.1) is 5.82 Å². The highest BCUT2D eigenvalue weighted by Gasteiger charge is 2.15. The Hall–Kier alpha value is -3.81. The molecule has 7 nitrogen and oxygen atoms in total. The first-order valence-electron chi connectivity index (χ1n) is 7.61. The van der Waals surface area contributed by atoms with Gasteiger partial charge in [0.25, 0.3) is 11.5 Å². The maximum Gasteiger partial charge on any atom is 0.294 e. The van der Waals surface area contributed by atoms with Gasteiger partial charge in [-0.15, -0.1) is 0 Å². The Labute approximate surface area is 145 Å². The van der Waals surface area contributed by atoms with Gasteiger partial charge in [0.1, 0.15) is 11.5 Å². The molecule has 2 aromatic heterocycles. The van der Waals surface area contributed by atoms with E-state index in [9.17, 15) is 14.0 Å². The van der Waals surface area contributed by atoms with Crippen molar-refractivity contribution >= 4 is 22.5 Å². The van der Waals surface area contributed by atoms with E-state index in [1.807, 2.05) is 0 Å². The molecule has 0 aliphatic rings. The van der Waals surface area contributed by atoms with Crippen LogP contribution in [0.3, 0.4) is 0 Å². The average molecular weight is 350 g/mol. The summed E-state index contributed by atoms with van der Waals surface area (Å²) in [5.41, 5.74) is 1.67. The molecule has 2 N–H and O–H groups in total. The smallest absolute Gasteiger partial charge is 0.294 e. The highest BCUT2D eigenvalue weighted by molar-refractivity contribution is 6.03. The maximum absolute atomic E-state index is 13.0. The summed E-state index contributed by atoms with van der Waals surface area (Å²) >= 11 is 0. The summed E-state index contributed by atoms with van der Waals surface area (Å²) in [5.74, 6) is -0.897. The van der Waals surface area contributed by atoms with Crippen molar-refractivity contribution in [2.75, 3.05) is 5.32 Å². The molecule has 0 saturated carbocycles. The lowest BCUT2D eigenvalue weighted by Crippen LogP contribution is -2.12. The van der Waals surface area contributed by atoms with Crippen LogP contribution in [0.25, 0.3) is 22.2 Å². The molecule has 0 unspecified atom stereocenters. The molecule has 0 aliphatic carbocycles. The molecule has 0 atom stereocenters. The zero-order valence-corrected chi connectivity index (χ0v) is 13.2. The summed E-state index contributed by atoms with van der Waals surface area (Å²) in [6.45, 7) is 0. The van der Waals surface area contributed by atoms with E-state index in [4.69, 9.17) is 4.52 Å². The molecule has 0 fully saturated rings. The van der Waals surface area contributed by atoms with Crippen molar-refractivity contribution in [1.29, 1.82) is 0 Å². The van der Waals surface area contributed by atoms with Gasteiger partial charge in [-0.1, -0.05) is 5.16 Å². The van der Waals surface area contributed by atoms with E-state index < -0.39 is 5.91 Å². The first kappa shape index (κ1) is 15.7. The summed E-state index contributed by atoms with van der Waals surface area (Å²) < 4.78 is 18.0. The van der Waals surface area contributed by atoms with Crippen LogP contribution in [0.4, 0.5) is 10.1 Å². The Bertz CT molecular complexity index is 1160. The molecule has 0 radical (unpaired) electrons. The van der Waals surface area contributed by atoms with Gasteiger partial charge in [-0.2, -0.15) is 0 Å². The Kier molecular flexibility index (Phi) is 3.77. The summed E-state index contributed by atoms with van der Waals surface area (Å²) in [4.78, 5) is 30.7. The molecule has 4 aromatic rings. The van der Waals surface area contributed by atoms with Crippen molar-refractivity contribution in [3.05, 3.63) is 76.8 Å². The number of carbonyl (C=O) groups is 1. The number of H-pyrrole nitrogens is 1. The predicted molar refractivity (Wildman–Crippen MR) is 92.2 cm³/mol. The molecule has 8 heteroatoms. The van der Waals surface area contributed by atoms with E-state index in [2.05, 4.69) is 20.4 Å². The molecule has 2 heterocycles. The predicted octanol–water partition coefficient (Wildman–Crippen LogP) is 2.97. The van der Waals surface area contributed by atoms with Gasteiger partial charge in [0, 0.05) is 17.3 Å². The van der Waals surface area contributed by atoms with Crippen molar-refractivity contribution in [2.24, 2.45) is 0 Å². The zero-order valence-electron chi connectivity index (χ0n) is 13.2. The van der Waals surface area contributed by atoms with Crippen LogP contribution in [0.1, 0.15) is 10.6 Å². The number of aromatic nitrogens is 3. The van der Waals surface area contributed by atoms with Crippen molar-refractivity contribution in [3.8, 4) is 11.3 Å². The topological polar surface area (TPSA) is 101 Å². The molecule has 4 rings (SSSR count). The Morgan fingerprint density at radius 3 is 2.73 bits per heavy atom. The molecule has 2 aromatic carbocycles. The summed E-state index contributed by atoms with van der Waals surface area (Å²) in [5, 5.41) is 6.81. The number of nitrogens with one attached hydrogen (secondary N) is 2. The monoisotopic (exact) mass is 350 g/mol. The Morgan fingerprint density at radius 1 is 1.12 bits per heavy atom. The Morgan fingerprint density at radius 2 is 1.92 bits per heavy atom. The van der Waals surface area contributed by atoms with Crippen LogP contribution in [-0.4, -0.2) is 21.0 Å². The first-order chi connectivity index (χ1) is 12.6. The number of carbonyl (C=O) groups excluding carboxylic acids is 1. The number of nitrogens with zero attached hydrogens (tertiary/aromatic N) is 2. The zero-order chi connectivity index (χ0) is 18.1. The third-order valence-electron chi connectivity index (χ3n) is 3.77. The first-order valence-corrected chi connectivity index (χ1v) is 7.61. The number of halogens is 1. The van der Waals surface area contributed by atoms with Crippen molar-refractivity contribution in [1.82, 2.24) is 15.1 Å². The van der Waals surface area contributed by atoms with E-state index in [1.165, 1.54) is 42.7 Å². The van der Waals surface area contributed by atoms with Gasteiger partial charge in [-0.3, -0.25) is 9.59 Å². The second-order valence-electron chi connectivity index (χ2n) is 5.50. The molecule has 0 bridgehead atoms. The highest BCUT2D eigenvalue weighted by Crippen LogP contribution is 2.21. The second-order valence-corrected chi connectivity index (χ2v) is 5.50. The van der Waals surface area contributed by atoms with Crippen LogP contribution in [0.15, 0.2) is 64.2 Å². The summed E-state index contributed by atoms with van der Waals surface area (Å²) in [6, 6.07) is 11.9. The number of hydrogen-bond acceptors (Lipinski definition) is 5. The molecule has 0 aliphatic heterocycles. The van der Waals surface area contributed by atoms with Gasteiger partial charge in [0.2, 0.25) is 5.76 Å². The van der Waals surface area contributed by atoms with Crippen molar-refractivity contribution < 1.29 is 13.7 Å².